The second-order valence-electron chi connectivity index (χ2n) is 7.97. The molecule has 1 aromatic heterocycles. The van der Waals surface area contributed by atoms with Crippen molar-refractivity contribution in [3.05, 3.63) is 105 Å². The molecule has 4 aromatic rings. The van der Waals surface area contributed by atoms with Crippen LogP contribution in [0.2, 0.25) is 0 Å². The lowest BCUT2D eigenvalue weighted by atomic mass is 9.98. The van der Waals surface area contributed by atoms with Crippen molar-refractivity contribution in [2.75, 3.05) is 13.2 Å². The molecular formula is C27H23NO5. The average Bonchev–Trinajstić information content (AvgIpc) is 3.12. The highest BCUT2D eigenvalue weighted by Gasteiger charge is 2.42. The van der Waals surface area contributed by atoms with E-state index in [4.69, 9.17) is 9.15 Å². The molecule has 5 rings (SSSR count). The molecule has 6 heteroatoms. The Morgan fingerprint density at radius 3 is 2.55 bits per heavy atom. The highest BCUT2D eigenvalue weighted by atomic mass is 16.5. The van der Waals surface area contributed by atoms with Crippen molar-refractivity contribution >= 4 is 16.9 Å². The predicted octanol–water partition coefficient (Wildman–Crippen LogP) is 4.69. The number of hydrogen-bond donors (Lipinski definition) is 1. The van der Waals surface area contributed by atoms with Crippen LogP contribution in [0.3, 0.4) is 0 Å². The van der Waals surface area contributed by atoms with E-state index < -0.39 is 6.04 Å². The van der Waals surface area contributed by atoms with Crippen LogP contribution in [0.5, 0.6) is 11.5 Å². The molecule has 0 aliphatic carbocycles. The van der Waals surface area contributed by atoms with Crippen LogP contribution in [0, 0.1) is 0 Å². The summed E-state index contributed by atoms with van der Waals surface area (Å²) in [7, 11) is 0. The van der Waals surface area contributed by atoms with Crippen molar-refractivity contribution in [2.24, 2.45) is 0 Å². The lowest BCUT2D eigenvalue weighted by Gasteiger charge is -2.25. The Labute approximate surface area is 190 Å². The third-order valence-corrected chi connectivity index (χ3v) is 5.96. The van der Waals surface area contributed by atoms with Gasteiger partial charge in [0.15, 0.2) is 16.9 Å². The maximum absolute atomic E-state index is 13.5. The van der Waals surface area contributed by atoms with Crippen LogP contribution in [0.15, 0.2) is 82.0 Å². The molecule has 3 aromatic carbocycles. The van der Waals surface area contributed by atoms with Crippen LogP contribution in [0.4, 0.5) is 0 Å². The number of carbonyl (C=O) groups excluding carboxylic acids is 1. The van der Waals surface area contributed by atoms with Crippen LogP contribution in [-0.2, 0) is 6.42 Å². The number of hydrogen-bond acceptors (Lipinski definition) is 5. The monoisotopic (exact) mass is 441 g/mol. The van der Waals surface area contributed by atoms with Gasteiger partial charge in [0, 0.05) is 6.54 Å². The largest absolute Gasteiger partial charge is 0.504 e. The fraction of sp³-hybridized carbons (Fsp3) is 0.185. The minimum atomic E-state index is -0.642. The minimum Gasteiger partial charge on any atom is -0.504 e. The van der Waals surface area contributed by atoms with E-state index in [0.717, 1.165) is 5.56 Å². The van der Waals surface area contributed by atoms with E-state index in [1.54, 1.807) is 41.3 Å². The number of carbonyl (C=O) groups is 1. The van der Waals surface area contributed by atoms with Gasteiger partial charge < -0.3 is 19.2 Å². The van der Waals surface area contributed by atoms with Crippen LogP contribution in [0.1, 0.15) is 40.2 Å². The van der Waals surface area contributed by atoms with E-state index >= 15 is 0 Å². The molecule has 6 nitrogen and oxygen atoms in total. The number of benzene rings is 3. The van der Waals surface area contributed by atoms with Crippen LogP contribution < -0.4 is 10.2 Å². The van der Waals surface area contributed by atoms with Gasteiger partial charge in [-0.25, -0.2) is 0 Å². The minimum absolute atomic E-state index is 0.00604. The van der Waals surface area contributed by atoms with Gasteiger partial charge in [0.1, 0.15) is 5.58 Å². The number of fused-ring (bicyclic) bond motifs is 2. The Bertz CT molecular complexity index is 1390. The van der Waals surface area contributed by atoms with Crippen molar-refractivity contribution < 1.29 is 19.1 Å². The standard InChI is InChI=1S/C27H23NO5/c1-2-32-22-16-18(12-13-20(22)29)24-23-25(30)19-10-6-7-11-21(19)33-26(23)27(31)28(24)15-14-17-8-4-3-5-9-17/h3-13,16,24,29H,2,14-15H2,1H3/t24-/m1/s1. The zero-order valence-corrected chi connectivity index (χ0v) is 18.2. The lowest BCUT2D eigenvalue weighted by Crippen LogP contribution is -2.31. The molecule has 0 unspecified atom stereocenters. The molecule has 0 saturated heterocycles. The van der Waals surface area contributed by atoms with E-state index in [0.29, 0.717) is 47.4 Å². The molecule has 1 atom stereocenters. The summed E-state index contributed by atoms with van der Waals surface area (Å²) in [5.74, 6) is 0.0678. The van der Waals surface area contributed by atoms with E-state index in [9.17, 15) is 14.7 Å². The molecule has 1 aliphatic rings. The zero-order valence-electron chi connectivity index (χ0n) is 18.2. The molecule has 0 radical (unpaired) electrons. The van der Waals surface area contributed by atoms with E-state index in [-0.39, 0.29) is 22.8 Å². The molecule has 1 N–H and O–H groups in total. The van der Waals surface area contributed by atoms with Crippen LogP contribution in [-0.4, -0.2) is 29.1 Å². The first-order chi connectivity index (χ1) is 16.1. The summed E-state index contributed by atoms with van der Waals surface area (Å²) in [5.41, 5.74) is 2.25. The molecule has 0 fully saturated rings. The number of phenolic OH excluding ortho intramolecular Hbond substituents is 1. The fourth-order valence-corrected chi connectivity index (χ4v) is 4.41. The zero-order chi connectivity index (χ0) is 22.9. The normalized spacial score (nSPS) is 15.1. The fourth-order valence-electron chi connectivity index (χ4n) is 4.41. The summed E-state index contributed by atoms with van der Waals surface area (Å²) in [6.45, 7) is 2.60. The number of ether oxygens (including phenoxy) is 1. The lowest BCUT2D eigenvalue weighted by molar-refractivity contribution is 0.0730. The van der Waals surface area contributed by atoms with Gasteiger partial charge in [0.05, 0.1) is 23.6 Å². The number of rotatable bonds is 6. The summed E-state index contributed by atoms with van der Waals surface area (Å²) < 4.78 is 11.5. The predicted molar refractivity (Wildman–Crippen MR) is 125 cm³/mol. The third kappa shape index (κ3) is 3.63. The van der Waals surface area contributed by atoms with Crippen LogP contribution in [0.25, 0.3) is 11.0 Å². The average molecular weight is 441 g/mol. The van der Waals surface area contributed by atoms with Gasteiger partial charge in [0.2, 0.25) is 5.76 Å². The van der Waals surface area contributed by atoms with Crippen molar-refractivity contribution in [1.82, 2.24) is 4.90 Å². The van der Waals surface area contributed by atoms with Gasteiger partial charge >= 0.3 is 0 Å². The van der Waals surface area contributed by atoms with Gasteiger partial charge in [0.25, 0.3) is 5.91 Å². The first-order valence-electron chi connectivity index (χ1n) is 10.9. The first-order valence-corrected chi connectivity index (χ1v) is 10.9. The molecule has 166 valence electrons. The Balaban J connectivity index is 1.65. The Kier molecular flexibility index (Phi) is 5.34. The molecule has 0 spiro atoms. The Morgan fingerprint density at radius 1 is 1.00 bits per heavy atom. The molecule has 0 bridgehead atoms. The second-order valence-corrected chi connectivity index (χ2v) is 7.97. The maximum atomic E-state index is 13.5. The smallest absolute Gasteiger partial charge is 0.290 e. The number of para-hydroxylation sites is 1. The number of phenols is 1. The Morgan fingerprint density at radius 2 is 1.76 bits per heavy atom. The summed E-state index contributed by atoms with van der Waals surface area (Å²) in [4.78, 5) is 28.7. The van der Waals surface area contributed by atoms with Crippen molar-refractivity contribution in [1.29, 1.82) is 0 Å². The summed E-state index contributed by atoms with van der Waals surface area (Å²) in [5, 5.41) is 10.6. The van der Waals surface area contributed by atoms with Crippen LogP contribution >= 0.6 is 0 Å². The topological polar surface area (TPSA) is 80.0 Å². The van der Waals surface area contributed by atoms with E-state index in [1.807, 2.05) is 37.3 Å². The molecule has 33 heavy (non-hydrogen) atoms. The van der Waals surface area contributed by atoms with Gasteiger partial charge in [-0.3, -0.25) is 9.59 Å². The highest BCUT2D eigenvalue weighted by molar-refractivity contribution is 5.99. The Hall–Kier alpha value is -4.06. The maximum Gasteiger partial charge on any atom is 0.290 e. The second kappa shape index (κ2) is 8.47. The van der Waals surface area contributed by atoms with Gasteiger partial charge in [-0.1, -0.05) is 48.5 Å². The number of amides is 1. The SMILES string of the molecule is CCOc1cc([C@@H]2c3c(oc4ccccc4c3=O)C(=O)N2CCc2ccccc2)ccc1O. The highest BCUT2D eigenvalue weighted by Crippen LogP contribution is 2.40. The third-order valence-electron chi connectivity index (χ3n) is 5.96. The first kappa shape index (κ1) is 20.8. The van der Waals surface area contributed by atoms with E-state index in [1.165, 1.54) is 6.07 Å². The molecule has 1 amide bonds. The van der Waals surface area contributed by atoms with Crippen molar-refractivity contribution in [2.45, 2.75) is 19.4 Å². The summed E-state index contributed by atoms with van der Waals surface area (Å²) in [6, 6.07) is 21.1. The van der Waals surface area contributed by atoms with Gasteiger partial charge in [-0.05, 0) is 48.7 Å². The summed E-state index contributed by atoms with van der Waals surface area (Å²) in [6.07, 6.45) is 0.626. The quantitative estimate of drug-likeness (QED) is 0.470. The van der Waals surface area contributed by atoms with Crippen molar-refractivity contribution in [3.63, 3.8) is 0 Å². The van der Waals surface area contributed by atoms with Gasteiger partial charge in [-0.15, -0.1) is 0 Å². The molecular weight excluding hydrogens is 418 g/mol. The summed E-state index contributed by atoms with van der Waals surface area (Å²) >= 11 is 0. The van der Waals surface area contributed by atoms with Crippen molar-refractivity contribution in [3.8, 4) is 11.5 Å². The molecule has 1 aliphatic heterocycles. The molecule has 2 heterocycles. The number of nitrogens with zero attached hydrogens (tertiary/aromatic N) is 1. The van der Waals surface area contributed by atoms with E-state index in [2.05, 4.69) is 0 Å². The number of aromatic hydroxyl groups is 1. The van der Waals surface area contributed by atoms with Gasteiger partial charge in [-0.2, -0.15) is 0 Å². The molecule has 0 saturated carbocycles.